The number of fused-ring (bicyclic) bond motifs is 1. The number of thioether (sulfide) groups is 1. The molecule has 1 aromatic heterocycles. The lowest BCUT2D eigenvalue weighted by Gasteiger charge is -2.22. The lowest BCUT2D eigenvalue weighted by molar-refractivity contribution is 0.338. The standard InChI is InChI=1S/C16H20ClNOS/c1-2-6-18-16(11-5-7-20-10-11)15-9-12-8-13(17)3-4-14(12)19-15/h3-4,8-9,11,16,18H,2,5-7,10H2,1H3. The predicted molar refractivity (Wildman–Crippen MR) is 87.7 cm³/mol. The van der Waals surface area contributed by atoms with E-state index in [1.54, 1.807) is 0 Å². The number of benzene rings is 1. The minimum absolute atomic E-state index is 0.330. The van der Waals surface area contributed by atoms with E-state index in [9.17, 15) is 0 Å². The van der Waals surface area contributed by atoms with Crippen LogP contribution >= 0.6 is 23.4 Å². The third-order valence-corrected chi connectivity index (χ3v) is 5.28. The smallest absolute Gasteiger partial charge is 0.134 e. The Morgan fingerprint density at radius 3 is 3.10 bits per heavy atom. The molecule has 20 heavy (non-hydrogen) atoms. The summed E-state index contributed by atoms with van der Waals surface area (Å²) in [5.74, 6) is 4.21. The monoisotopic (exact) mass is 309 g/mol. The molecule has 4 heteroatoms. The molecule has 1 aromatic carbocycles. The summed E-state index contributed by atoms with van der Waals surface area (Å²) in [6, 6.07) is 8.30. The van der Waals surface area contributed by atoms with E-state index in [0.717, 1.165) is 34.7 Å². The third kappa shape index (κ3) is 3.00. The van der Waals surface area contributed by atoms with Crippen molar-refractivity contribution in [1.82, 2.24) is 5.32 Å². The number of furan rings is 1. The minimum Gasteiger partial charge on any atom is -0.459 e. The van der Waals surface area contributed by atoms with Crippen LogP contribution in [0.5, 0.6) is 0 Å². The summed E-state index contributed by atoms with van der Waals surface area (Å²) >= 11 is 8.10. The second-order valence-corrected chi connectivity index (χ2v) is 6.97. The van der Waals surface area contributed by atoms with Gasteiger partial charge in [0.1, 0.15) is 11.3 Å². The molecule has 2 unspecified atom stereocenters. The van der Waals surface area contributed by atoms with Gasteiger partial charge in [0.05, 0.1) is 6.04 Å². The molecule has 2 atom stereocenters. The quantitative estimate of drug-likeness (QED) is 0.852. The summed E-state index contributed by atoms with van der Waals surface area (Å²) in [6.45, 7) is 3.23. The molecule has 3 rings (SSSR count). The van der Waals surface area contributed by atoms with Crippen molar-refractivity contribution in [1.29, 1.82) is 0 Å². The van der Waals surface area contributed by atoms with E-state index < -0.39 is 0 Å². The first-order chi connectivity index (χ1) is 9.78. The summed E-state index contributed by atoms with van der Waals surface area (Å²) in [6.07, 6.45) is 2.41. The molecule has 1 aliphatic rings. The zero-order valence-corrected chi connectivity index (χ0v) is 13.3. The first-order valence-electron chi connectivity index (χ1n) is 7.28. The van der Waals surface area contributed by atoms with Crippen molar-refractivity contribution >= 4 is 34.3 Å². The lowest BCUT2D eigenvalue weighted by Crippen LogP contribution is -2.28. The molecular formula is C16H20ClNOS. The second kappa shape index (κ2) is 6.42. The van der Waals surface area contributed by atoms with Gasteiger partial charge in [0, 0.05) is 10.4 Å². The van der Waals surface area contributed by atoms with Gasteiger partial charge in [-0.15, -0.1) is 0 Å². The molecule has 2 nitrogen and oxygen atoms in total. The van der Waals surface area contributed by atoms with Gasteiger partial charge in [0.2, 0.25) is 0 Å². The van der Waals surface area contributed by atoms with E-state index in [-0.39, 0.29) is 0 Å². The lowest BCUT2D eigenvalue weighted by atomic mass is 9.96. The fourth-order valence-electron chi connectivity index (χ4n) is 2.80. The Bertz CT molecular complexity index is 577. The van der Waals surface area contributed by atoms with Crippen molar-refractivity contribution in [2.75, 3.05) is 18.1 Å². The number of nitrogens with one attached hydrogen (secondary N) is 1. The van der Waals surface area contributed by atoms with Gasteiger partial charge in [-0.2, -0.15) is 11.8 Å². The summed E-state index contributed by atoms with van der Waals surface area (Å²) in [4.78, 5) is 0. The van der Waals surface area contributed by atoms with Crippen LogP contribution in [0.2, 0.25) is 5.02 Å². The van der Waals surface area contributed by atoms with Crippen molar-refractivity contribution in [3.8, 4) is 0 Å². The maximum atomic E-state index is 6.06. The van der Waals surface area contributed by atoms with E-state index in [1.165, 1.54) is 17.9 Å². The summed E-state index contributed by atoms with van der Waals surface area (Å²) in [5, 5.41) is 5.52. The Kier molecular flexibility index (Phi) is 4.59. The third-order valence-electron chi connectivity index (χ3n) is 3.85. The van der Waals surface area contributed by atoms with E-state index >= 15 is 0 Å². The molecule has 108 valence electrons. The topological polar surface area (TPSA) is 25.2 Å². The van der Waals surface area contributed by atoms with Crippen molar-refractivity contribution < 1.29 is 4.42 Å². The van der Waals surface area contributed by atoms with Crippen molar-refractivity contribution in [3.63, 3.8) is 0 Å². The highest BCUT2D eigenvalue weighted by molar-refractivity contribution is 7.99. The number of hydrogen-bond donors (Lipinski definition) is 1. The van der Waals surface area contributed by atoms with Crippen molar-refractivity contribution in [3.05, 3.63) is 35.0 Å². The minimum atomic E-state index is 0.330. The molecular weight excluding hydrogens is 290 g/mol. The van der Waals surface area contributed by atoms with Crippen LogP contribution in [0.25, 0.3) is 11.0 Å². The molecule has 1 aliphatic heterocycles. The first-order valence-corrected chi connectivity index (χ1v) is 8.81. The van der Waals surface area contributed by atoms with Gasteiger partial charge in [-0.25, -0.2) is 0 Å². The molecule has 1 saturated heterocycles. The van der Waals surface area contributed by atoms with Gasteiger partial charge in [-0.1, -0.05) is 18.5 Å². The van der Waals surface area contributed by atoms with Gasteiger partial charge >= 0.3 is 0 Å². The molecule has 1 N–H and O–H groups in total. The fraction of sp³-hybridized carbons (Fsp3) is 0.500. The van der Waals surface area contributed by atoms with E-state index in [0.29, 0.717) is 12.0 Å². The number of hydrogen-bond acceptors (Lipinski definition) is 3. The average Bonchev–Trinajstić information content (AvgIpc) is 3.08. The number of rotatable bonds is 5. The Balaban J connectivity index is 1.90. The summed E-state index contributed by atoms with van der Waals surface area (Å²) in [7, 11) is 0. The highest BCUT2D eigenvalue weighted by Gasteiger charge is 2.28. The molecule has 0 aliphatic carbocycles. The Morgan fingerprint density at radius 2 is 2.35 bits per heavy atom. The predicted octanol–water partition coefficient (Wildman–Crippen LogP) is 4.88. The molecule has 0 spiro atoms. The molecule has 2 heterocycles. The molecule has 0 amide bonds. The van der Waals surface area contributed by atoms with Crippen LogP contribution in [0.3, 0.4) is 0 Å². The Morgan fingerprint density at radius 1 is 1.45 bits per heavy atom. The molecule has 1 fully saturated rings. The van der Waals surface area contributed by atoms with Gasteiger partial charge < -0.3 is 9.73 Å². The zero-order valence-electron chi connectivity index (χ0n) is 11.7. The van der Waals surface area contributed by atoms with Crippen LogP contribution in [0.1, 0.15) is 31.6 Å². The van der Waals surface area contributed by atoms with Gasteiger partial charge in [0.25, 0.3) is 0 Å². The maximum absolute atomic E-state index is 6.06. The largest absolute Gasteiger partial charge is 0.459 e. The SMILES string of the molecule is CCCNC(c1cc2cc(Cl)ccc2o1)C1CCSC1. The summed E-state index contributed by atoms with van der Waals surface area (Å²) < 4.78 is 6.06. The van der Waals surface area contributed by atoms with E-state index in [2.05, 4.69) is 18.3 Å². The van der Waals surface area contributed by atoms with E-state index in [1.807, 2.05) is 30.0 Å². The fourth-order valence-corrected chi connectivity index (χ4v) is 4.28. The normalized spacial score (nSPS) is 20.6. The Hall–Kier alpha value is -0.640. The van der Waals surface area contributed by atoms with Crippen LogP contribution in [0, 0.1) is 5.92 Å². The molecule has 0 radical (unpaired) electrons. The van der Waals surface area contributed by atoms with Crippen molar-refractivity contribution in [2.24, 2.45) is 5.92 Å². The van der Waals surface area contributed by atoms with E-state index in [4.69, 9.17) is 16.0 Å². The van der Waals surface area contributed by atoms with Gasteiger partial charge in [-0.3, -0.25) is 0 Å². The zero-order chi connectivity index (χ0) is 13.9. The average molecular weight is 310 g/mol. The Labute approximate surface area is 129 Å². The van der Waals surface area contributed by atoms with Crippen LogP contribution < -0.4 is 5.32 Å². The summed E-state index contributed by atoms with van der Waals surface area (Å²) in [5.41, 5.74) is 0.929. The van der Waals surface area contributed by atoms with Gasteiger partial charge in [0.15, 0.2) is 0 Å². The maximum Gasteiger partial charge on any atom is 0.134 e. The number of halogens is 1. The second-order valence-electron chi connectivity index (χ2n) is 5.39. The van der Waals surface area contributed by atoms with Crippen LogP contribution in [0.4, 0.5) is 0 Å². The molecule has 0 bridgehead atoms. The van der Waals surface area contributed by atoms with Crippen LogP contribution in [0.15, 0.2) is 28.7 Å². The highest BCUT2D eigenvalue weighted by Crippen LogP contribution is 2.36. The van der Waals surface area contributed by atoms with Crippen LogP contribution in [-0.4, -0.2) is 18.1 Å². The molecule has 0 saturated carbocycles. The van der Waals surface area contributed by atoms with Crippen molar-refractivity contribution in [2.45, 2.75) is 25.8 Å². The van der Waals surface area contributed by atoms with Gasteiger partial charge in [-0.05, 0) is 61.1 Å². The highest BCUT2D eigenvalue weighted by atomic mass is 35.5. The molecule has 2 aromatic rings. The first kappa shape index (κ1) is 14.3. The van der Waals surface area contributed by atoms with Crippen LogP contribution in [-0.2, 0) is 0 Å².